The summed E-state index contributed by atoms with van der Waals surface area (Å²) in [5.41, 5.74) is 4.96. The van der Waals surface area contributed by atoms with Gasteiger partial charge in [-0.25, -0.2) is 9.07 Å². The molecule has 31 heavy (non-hydrogen) atoms. The van der Waals surface area contributed by atoms with Crippen molar-refractivity contribution >= 4 is 0 Å². The third-order valence-corrected chi connectivity index (χ3v) is 7.18. The van der Waals surface area contributed by atoms with E-state index in [9.17, 15) is 4.39 Å². The predicted octanol–water partition coefficient (Wildman–Crippen LogP) is 3.82. The minimum Gasteiger partial charge on any atom is -0.373 e. The topological polar surface area (TPSA) is 33.5 Å². The van der Waals surface area contributed by atoms with Crippen LogP contribution in [0.5, 0.6) is 0 Å². The smallest absolute Gasteiger partial charge is 0.123 e. The molecule has 3 heterocycles. The summed E-state index contributed by atoms with van der Waals surface area (Å²) in [7, 11) is 0. The highest BCUT2D eigenvalue weighted by Crippen LogP contribution is 2.30. The van der Waals surface area contributed by atoms with Crippen LogP contribution >= 0.6 is 0 Å². The molecule has 0 amide bonds. The molecule has 0 N–H and O–H groups in total. The van der Waals surface area contributed by atoms with Crippen molar-refractivity contribution in [2.75, 3.05) is 32.7 Å². The Balaban J connectivity index is 1.20. The quantitative estimate of drug-likeness (QED) is 0.728. The molecule has 2 fully saturated rings. The molecule has 1 aromatic heterocycles. The molecule has 168 valence electrons. The Morgan fingerprint density at radius 1 is 1.00 bits per heavy atom. The molecule has 5 nitrogen and oxygen atoms in total. The van der Waals surface area contributed by atoms with Crippen LogP contribution in [0.25, 0.3) is 5.69 Å². The maximum Gasteiger partial charge on any atom is 0.123 e. The Morgan fingerprint density at radius 3 is 2.42 bits per heavy atom. The van der Waals surface area contributed by atoms with E-state index >= 15 is 0 Å². The molecule has 0 saturated carbocycles. The van der Waals surface area contributed by atoms with Crippen LogP contribution in [0.3, 0.4) is 0 Å². The standard InChI is InChI=1S/C25H35FN4O/c1-18-14-29(15-19(2)31-18)16-20-10-12-28(13-11-20)17-24-23-4-3-5-25(23)30(27-24)22-8-6-21(26)7-9-22/h6-9,18-20H,3-5,10-17H2,1-2H3. The summed E-state index contributed by atoms with van der Waals surface area (Å²) in [5, 5.41) is 4.99. The summed E-state index contributed by atoms with van der Waals surface area (Å²) in [6.45, 7) is 11.0. The Bertz CT molecular complexity index is 878. The lowest BCUT2D eigenvalue weighted by Crippen LogP contribution is -2.48. The van der Waals surface area contributed by atoms with Crippen molar-refractivity contribution in [2.24, 2.45) is 5.92 Å². The molecule has 1 aromatic carbocycles. The zero-order chi connectivity index (χ0) is 21.4. The Morgan fingerprint density at radius 2 is 1.71 bits per heavy atom. The van der Waals surface area contributed by atoms with E-state index < -0.39 is 0 Å². The van der Waals surface area contributed by atoms with Crippen LogP contribution < -0.4 is 0 Å². The second kappa shape index (κ2) is 9.00. The number of likely N-dealkylation sites (tertiary alicyclic amines) is 1. The van der Waals surface area contributed by atoms with Crippen LogP contribution in [0.15, 0.2) is 24.3 Å². The highest BCUT2D eigenvalue weighted by molar-refractivity contribution is 5.40. The fourth-order valence-electron chi connectivity index (χ4n) is 5.77. The van der Waals surface area contributed by atoms with Gasteiger partial charge in [0.25, 0.3) is 0 Å². The molecular weight excluding hydrogens is 391 g/mol. The van der Waals surface area contributed by atoms with E-state index in [0.29, 0.717) is 12.2 Å². The minimum absolute atomic E-state index is 0.198. The van der Waals surface area contributed by atoms with Gasteiger partial charge in [0, 0.05) is 31.9 Å². The number of piperidine rings is 1. The Kier molecular flexibility index (Phi) is 6.13. The third-order valence-electron chi connectivity index (χ3n) is 7.18. The van der Waals surface area contributed by atoms with Crippen LogP contribution in [0.2, 0.25) is 0 Å². The number of nitrogens with zero attached hydrogens (tertiary/aromatic N) is 4. The number of hydrogen-bond acceptors (Lipinski definition) is 4. The lowest BCUT2D eigenvalue weighted by atomic mass is 9.95. The first-order chi connectivity index (χ1) is 15.0. The maximum atomic E-state index is 13.4. The fourth-order valence-corrected chi connectivity index (χ4v) is 5.77. The molecule has 2 saturated heterocycles. The molecule has 0 spiro atoms. The number of fused-ring (bicyclic) bond motifs is 1. The van der Waals surface area contributed by atoms with Gasteiger partial charge in [0.15, 0.2) is 0 Å². The second-order valence-corrected chi connectivity index (χ2v) is 9.81. The molecule has 2 aliphatic heterocycles. The first-order valence-electron chi connectivity index (χ1n) is 12.0. The minimum atomic E-state index is -0.198. The summed E-state index contributed by atoms with van der Waals surface area (Å²) < 4.78 is 21.3. The lowest BCUT2D eigenvalue weighted by Gasteiger charge is -2.39. The van der Waals surface area contributed by atoms with Gasteiger partial charge in [-0.3, -0.25) is 9.80 Å². The van der Waals surface area contributed by atoms with Crippen LogP contribution in [0.1, 0.15) is 50.1 Å². The number of benzene rings is 1. The number of hydrogen-bond donors (Lipinski definition) is 0. The fraction of sp³-hybridized carbons (Fsp3) is 0.640. The number of halogens is 1. The highest BCUT2D eigenvalue weighted by Gasteiger charge is 2.28. The van der Waals surface area contributed by atoms with Crippen LogP contribution in [0.4, 0.5) is 4.39 Å². The van der Waals surface area contributed by atoms with Crippen molar-refractivity contribution in [1.29, 1.82) is 0 Å². The van der Waals surface area contributed by atoms with Crippen molar-refractivity contribution in [3.8, 4) is 5.69 Å². The van der Waals surface area contributed by atoms with Crippen molar-refractivity contribution in [1.82, 2.24) is 19.6 Å². The predicted molar refractivity (Wildman–Crippen MR) is 120 cm³/mol. The molecule has 2 aromatic rings. The second-order valence-electron chi connectivity index (χ2n) is 9.81. The van der Waals surface area contributed by atoms with Gasteiger partial charge >= 0.3 is 0 Å². The molecule has 0 bridgehead atoms. The molecule has 2 unspecified atom stereocenters. The molecule has 1 aliphatic carbocycles. The number of aromatic nitrogens is 2. The van der Waals surface area contributed by atoms with E-state index in [4.69, 9.17) is 9.84 Å². The normalized spacial score (nSPS) is 25.8. The highest BCUT2D eigenvalue weighted by atomic mass is 19.1. The van der Waals surface area contributed by atoms with Crippen LogP contribution in [0, 0.1) is 11.7 Å². The van der Waals surface area contributed by atoms with Crippen molar-refractivity contribution in [3.05, 3.63) is 47.0 Å². The van der Waals surface area contributed by atoms with E-state index in [1.807, 2.05) is 12.1 Å². The molecule has 3 aliphatic rings. The average Bonchev–Trinajstić information content (AvgIpc) is 3.33. The summed E-state index contributed by atoms with van der Waals surface area (Å²) in [4.78, 5) is 5.19. The van der Waals surface area contributed by atoms with Gasteiger partial charge in [-0.15, -0.1) is 0 Å². The zero-order valence-electron chi connectivity index (χ0n) is 18.9. The van der Waals surface area contributed by atoms with E-state index in [1.54, 1.807) is 0 Å². The number of morpholine rings is 1. The SMILES string of the molecule is CC1CN(CC2CCN(Cc3nn(-c4ccc(F)cc4)c4c3CCC4)CC2)CC(C)O1. The Hall–Kier alpha value is -1.76. The number of ether oxygens (including phenoxy) is 1. The van der Waals surface area contributed by atoms with Gasteiger partial charge < -0.3 is 4.74 Å². The number of rotatable bonds is 5. The first-order valence-corrected chi connectivity index (χ1v) is 12.0. The van der Waals surface area contributed by atoms with Gasteiger partial charge in [0.1, 0.15) is 5.82 Å². The third kappa shape index (κ3) is 4.71. The summed E-state index contributed by atoms with van der Waals surface area (Å²) in [6, 6.07) is 6.73. The van der Waals surface area contributed by atoms with Crippen LogP contribution in [-0.2, 0) is 24.1 Å². The monoisotopic (exact) mass is 426 g/mol. The summed E-state index contributed by atoms with van der Waals surface area (Å²) in [5.74, 6) is 0.591. The summed E-state index contributed by atoms with van der Waals surface area (Å²) >= 11 is 0. The van der Waals surface area contributed by atoms with Gasteiger partial charge in [0.2, 0.25) is 0 Å². The van der Waals surface area contributed by atoms with Gasteiger partial charge in [-0.1, -0.05) is 0 Å². The molecular formula is C25H35FN4O. The first kappa shape index (κ1) is 21.1. The molecule has 2 atom stereocenters. The maximum absolute atomic E-state index is 13.4. The molecule has 6 heteroatoms. The van der Waals surface area contributed by atoms with E-state index in [-0.39, 0.29) is 5.82 Å². The van der Waals surface area contributed by atoms with Crippen molar-refractivity contribution in [3.63, 3.8) is 0 Å². The van der Waals surface area contributed by atoms with Crippen molar-refractivity contribution < 1.29 is 9.13 Å². The van der Waals surface area contributed by atoms with E-state index in [2.05, 4.69) is 28.3 Å². The van der Waals surface area contributed by atoms with Crippen LogP contribution in [-0.4, -0.2) is 64.5 Å². The largest absolute Gasteiger partial charge is 0.373 e. The summed E-state index contributed by atoms with van der Waals surface area (Å²) in [6.07, 6.45) is 6.61. The van der Waals surface area contributed by atoms with Gasteiger partial charge in [-0.05, 0) is 94.8 Å². The zero-order valence-corrected chi connectivity index (χ0v) is 18.9. The average molecular weight is 427 g/mol. The lowest BCUT2D eigenvalue weighted by molar-refractivity contribution is -0.0732. The van der Waals surface area contributed by atoms with Crippen molar-refractivity contribution in [2.45, 2.75) is 64.7 Å². The molecule has 0 radical (unpaired) electrons. The van der Waals surface area contributed by atoms with Gasteiger partial charge in [-0.2, -0.15) is 5.10 Å². The van der Waals surface area contributed by atoms with Gasteiger partial charge in [0.05, 0.1) is 23.6 Å². The Labute approximate surface area is 185 Å². The molecule has 5 rings (SSSR count). The van der Waals surface area contributed by atoms with E-state index in [0.717, 1.165) is 57.2 Å². The van der Waals surface area contributed by atoms with E-state index in [1.165, 1.54) is 54.9 Å².